The Morgan fingerprint density at radius 3 is 2.31 bits per heavy atom. The fraction of sp³-hybridized carbons (Fsp3) is 0.172. The Kier molecular flexibility index (Phi) is 6.21. The quantitative estimate of drug-likeness (QED) is 0.363. The van der Waals surface area contributed by atoms with Crippen LogP contribution in [0.5, 0.6) is 11.5 Å². The predicted octanol–water partition coefficient (Wildman–Crippen LogP) is 5.83. The molecule has 182 valence electrons. The molecule has 0 radical (unpaired) electrons. The number of carbonyl (C=O) groups is 1. The zero-order valence-electron chi connectivity index (χ0n) is 20.7. The van der Waals surface area contributed by atoms with Gasteiger partial charge in [-0.25, -0.2) is 4.68 Å². The molecular weight excluding hydrogens is 452 g/mol. The Labute approximate surface area is 210 Å². The van der Waals surface area contributed by atoms with Gasteiger partial charge in [0.2, 0.25) is 0 Å². The van der Waals surface area contributed by atoms with E-state index in [1.54, 1.807) is 25.1 Å². The van der Waals surface area contributed by atoms with E-state index in [2.05, 4.69) is 53.0 Å². The highest BCUT2D eigenvalue weighted by Gasteiger charge is 2.30. The lowest BCUT2D eigenvalue weighted by atomic mass is 9.99. The lowest BCUT2D eigenvalue weighted by Crippen LogP contribution is -2.22. The van der Waals surface area contributed by atoms with Crippen molar-refractivity contribution in [3.05, 3.63) is 107 Å². The first-order valence-corrected chi connectivity index (χ1v) is 11.7. The van der Waals surface area contributed by atoms with Gasteiger partial charge >= 0.3 is 0 Å². The van der Waals surface area contributed by atoms with Crippen molar-refractivity contribution in [2.75, 3.05) is 24.9 Å². The van der Waals surface area contributed by atoms with E-state index in [0.29, 0.717) is 22.9 Å². The van der Waals surface area contributed by atoms with Gasteiger partial charge in [0.25, 0.3) is 5.91 Å². The van der Waals surface area contributed by atoms with Crippen molar-refractivity contribution in [1.29, 1.82) is 0 Å². The van der Waals surface area contributed by atoms with E-state index < -0.39 is 0 Å². The summed E-state index contributed by atoms with van der Waals surface area (Å²) in [7, 11) is 3.24. The molecule has 0 aliphatic carbocycles. The fourth-order valence-electron chi connectivity index (χ4n) is 4.36. The van der Waals surface area contributed by atoms with Crippen LogP contribution in [0.1, 0.15) is 38.7 Å². The van der Waals surface area contributed by atoms with Gasteiger partial charge in [0.1, 0.15) is 17.4 Å². The average molecular weight is 481 g/mol. The molecule has 2 N–H and O–H groups in total. The molecule has 2 heterocycles. The summed E-state index contributed by atoms with van der Waals surface area (Å²) < 4.78 is 13.1. The van der Waals surface area contributed by atoms with Gasteiger partial charge in [-0.2, -0.15) is 5.10 Å². The second-order valence-electron chi connectivity index (χ2n) is 8.77. The first-order valence-electron chi connectivity index (χ1n) is 11.7. The average Bonchev–Trinajstić information content (AvgIpc) is 3.33. The number of hydrogen-bond acceptors (Lipinski definition) is 5. The van der Waals surface area contributed by atoms with E-state index in [1.165, 1.54) is 5.56 Å². The van der Waals surface area contributed by atoms with Crippen LogP contribution in [0.15, 0.2) is 79.0 Å². The van der Waals surface area contributed by atoms with Crippen LogP contribution in [0.2, 0.25) is 0 Å². The molecule has 1 atom stereocenters. The van der Waals surface area contributed by atoms with Gasteiger partial charge in [-0.1, -0.05) is 59.7 Å². The zero-order chi connectivity index (χ0) is 25.2. The largest absolute Gasteiger partial charge is 0.493 e. The number of nitrogens with zero attached hydrogens (tertiary/aromatic N) is 2. The van der Waals surface area contributed by atoms with Crippen LogP contribution in [0.3, 0.4) is 0 Å². The number of para-hydroxylation sites is 1. The van der Waals surface area contributed by atoms with Crippen molar-refractivity contribution < 1.29 is 14.3 Å². The summed E-state index contributed by atoms with van der Waals surface area (Å²) in [5, 5.41) is 11.1. The smallest absolute Gasteiger partial charge is 0.261 e. The van der Waals surface area contributed by atoms with E-state index >= 15 is 0 Å². The highest BCUT2D eigenvalue weighted by atomic mass is 16.5. The number of fused-ring (bicyclic) bond motifs is 1. The van der Waals surface area contributed by atoms with E-state index in [0.717, 1.165) is 28.1 Å². The number of hydrogen-bond donors (Lipinski definition) is 2. The van der Waals surface area contributed by atoms with Gasteiger partial charge in [0.05, 0.1) is 20.4 Å². The van der Waals surface area contributed by atoms with Crippen molar-refractivity contribution in [3.8, 4) is 11.5 Å². The summed E-state index contributed by atoms with van der Waals surface area (Å²) in [4.78, 5) is 13.3. The maximum absolute atomic E-state index is 13.3. The van der Waals surface area contributed by atoms with Crippen molar-refractivity contribution in [2.45, 2.75) is 19.9 Å². The number of nitrogens with one attached hydrogen (secondary N) is 2. The second kappa shape index (κ2) is 9.62. The summed E-state index contributed by atoms with van der Waals surface area (Å²) in [5.41, 5.74) is 6.22. The number of ether oxygens (including phenoxy) is 2. The molecule has 0 bridgehead atoms. The number of carbonyl (C=O) groups excluding carboxylic acids is 1. The summed E-state index contributed by atoms with van der Waals surface area (Å²) in [6.07, 6.45) is 3.68. The van der Waals surface area contributed by atoms with E-state index in [1.807, 2.05) is 49.4 Å². The first kappa shape index (κ1) is 23.2. The Morgan fingerprint density at radius 2 is 1.64 bits per heavy atom. The first-order chi connectivity index (χ1) is 17.5. The minimum absolute atomic E-state index is 0.242. The van der Waals surface area contributed by atoms with Crippen LogP contribution >= 0.6 is 0 Å². The molecule has 36 heavy (non-hydrogen) atoms. The number of anilines is 2. The number of aromatic nitrogens is 2. The Hall–Kier alpha value is -4.52. The van der Waals surface area contributed by atoms with E-state index in [-0.39, 0.29) is 11.9 Å². The van der Waals surface area contributed by atoms with Crippen LogP contribution in [0, 0.1) is 13.8 Å². The van der Waals surface area contributed by atoms with Gasteiger partial charge in [-0.05, 0) is 43.7 Å². The molecule has 5 rings (SSSR count). The summed E-state index contributed by atoms with van der Waals surface area (Å²) in [5.74, 6) is 1.62. The number of allylic oxidation sites excluding steroid dienone is 1. The minimum Gasteiger partial charge on any atom is -0.493 e. The van der Waals surface area contributed by atoms with Gasteiger partial charge in [-0.15, -0.1) is 0 Å². The fourth-order valence-corrected chi connectivity index (χ4v) is 4.36. The summed E-state index contributed by atoms with van der Waals surface area (Å²) >= 11 is 0. The number of amides is 1. The van der Waals surface area contributed by atoms with Gasteiger partial charge in [0, 0.05) is 16.9 Å². The number of aryl methyl sites for hydroxylation is 2. The van der Waals surface area contributed by atoms with Crippen LogP contribution in [-0.2, 0) is 0 Å². The molecule has 1 aliphatic heterocycles. The zero-order valence-corrected chi connectivity index (χ0v) is 20.7. The molecular formula is C29H28N4O3. The van der Waals surface area contributed by atoms with Crippen molar-refractivity contribution in [1.82, 2.24) is 9.78 Å². The Bertz CT molecular complexity index is 1440. The molecule has 7 heteroatoms. The summed E-state index contributed by atoms with van der Waals surface area (Å²) in [6, 6.07) is 21.4. The second-order valence-corrected chi connectivity index (χ2v) is 8.77. The minimum atomic E-state index is -0.330. The third-order valence-electron chi connectivity index (χ3n) is 6.31. The molecule has 1 amide bonds. The van der Waals surface area contributed by atoms with Gasteiger partial charge in [0.15, 0.2) is 11.5 Å². The molecule has 0 fully saturated rings. The summed E-state index contributed by atoms with van der Waals surface area (Å²) in [6.45, 7) is 4.06. The SMILES string of the molecule is COc1cccc([C@H]2C=C(c3ccc(C)cc3)Nc3c(C(=O)Nc4ccc(C)cc4)cnn32)c1OC. The monoisotopic (exact) mass is 480 g/mol. The molecule has 0 saturated carbocycles. The lowest BCUT2D eigenvalue weighted by molar-refractivity contribution is 0.102. The Balaban J connectivity index is 1.60. The standard InChI is InChI=1S/C29H28N4O3/c1-18-8-12-20(13-9-18)24-16-25(22-6-5-7-26(35-3)27(22)36-4)33-28(32-24)23(17-30-33)29(34)31-21-14-10-19(2)11-15-21/h5-17,25,32H,1-4H3,(H,31,34)/t25-/m1/s1. The maximum Gasteiger partial charge on any atom is 0.261 e. The van der Waals surface area contributed by atoms with Gasteiger partial charge in [-0.3, -0.25) is 4.79 Å². The molecule has 0 unspecified atom stereocenters. The Morgan fingerprint density at radius 1 is 0.944 bits per heavy atom. The van der Waals surface area contributed by atoms with Crippen LogP contribution in [0.4, 0.5) is 11.5 Å². The molecule has 0 spiro atoms. The molecule has 3 aromatic carbocycles. The normalized spacial score (nSPS) is 14.3. The third kappa shape index (κ3) is 4.31. The van der Waals surface area contributed by atoms with Crippen molar-refractivity contribution in [3.63, 3.8) is 0 Å². The highest BCUT2D eigenvalue weighted by Crippen LogP contribution is 2.41. The molecule has 0 saturated heterocycles. The van der Waals surface area contributed by atoms with Gasteiger partial charge < -0.3 is 20.1 Å². The van der Waals surface area contributed by atoms with E-state index in [4.69, 9.17) is 9.47 Å². The lowest BCUT2D eigenvalue weighted by Gasteiger charge is -2.27. The number of rotatable bonds is 6. The molecule has 1 aromatic heterocycles. The molecule has 4 aromatic rings. The van der Waals surface area contributed by atoms with Crippen LogP contribution < -0.4 is 20.1 Å². The predicted molar refractivity (Wildman–Crippen MR) is 142 cm³/mol. The van der Waals surface area contributed by atoms with E-state index in [9.17, 15) is 4.79 Å². The molecule has 7 nitrogen and oxygen atoms in total. The van der Waals surface area contributed by atoms with Crippen LogP contribution in [-0.4, -0.2) is 29.9 Å². The third-order valence-corrected chi connectivity index (χ3v) is 6.31. The highest BCUT2D eigenvalue weighted by molar-refractivity contribution is 6.08. The number of benzene rings is 3. The van der Waals surface area contributed by atoms with Crippen molar-refractivity contribution >= 4 is 23.1 Å². The topological polar surface area (TPSA) is 77.4 Å². The number of methoxy groups -OCH3 is 2. The maximum atomic E-state index is 13.3. The van der Waals surface area contributed by atoms with Crippen LogP contribution in [0.25, 0.3) is 5.70 Å². The van der Waals surface area contributed by atoms with Crippen molar-refractivity contribution in [2.24, 2.45) is 0 Å². The molecule has 1 aliphatic rings.